The fraction of sp³-hybridized carbons (Fsp3) is 0.556. The molecule has 1 aliphatic carbocycles. The van der Waals surface area contributed by atoms with Gasteiger partial charge in [-0.3, -0.25) is 0 Å². The second-order valence-electron chi connectivity index (χ2n) is 2.86. The van der Waals surface area contributed by atoms with Gasteiger partial charge >= 0.3 is 0 Å². The van der Waals surface area contributed by atoms with Gasteiger partial charge in [-0.2, -0.15) is 0 Å². The van der Waals surface area contributed by atoms with Gasteiger partial charge in [-0.25, -0.2) is 0 Å². The summed E-state index contributed by atoms with van der Waals surface area (Å²) >= 11 is 5.62. The lowest BCUT2D eigenvalue weighted by Crippen LogP contribution is -2.29. The summed E-state index contributed by atoms with van der Waals surface area (Å²) in [4.78, 5) is 0. The van der Waals surface area contributed by atoms with Crippen LogP contribution < -0.4 is 5.32 Å². The first kappa shape index (κ1) is 8.82. The van der Waals surface area contributed by atoms with Gasteiger partial charge in [0.25, 0.3) is 0 Å². The molecule has 0 saturated heterocycles. The number of hydrogen-bond acceptors (Lipinski definition) is 1. The van der Waals surface area contributed by atoms with E-state index in [0.717, 1.165) is 6.54 Å². The molecular weight excluding hydrogens is 158 g/mol. The van der Waals surface area contributed by atoms with E-state index in [1.54, 1.807) is 0 Å². The largest absolute Gasteiger partial charge is 0.306 e. The van der Waals surface area contributed by atoms with E-state index < -0.39 is 0 Å². The van der Waals surface area contributed by atoms with Gasteiger partial charge in [0.2, 0.25) is 0 Å². The smallest absolute Gasteiger partial charge is 0.0313 e. The molecule has 62 valence electrons. The van der Waals surface area contributed by atoms with Crippen LogP contribution in [0.1, 0.15) is 19.3 Å². The zero-order valence-corrected chi connectivity index (χ0v) is 7.40. The highest BCUT2D eigenvalue weighted by Crippen LogP contribution is 2.10. The van der Waals surface area contributed by atoms with Crippen LogP contribution >= 0.6 is 11.6 Å². The average molecular weight is 172 g/mol. The molecule has 1 nitrogen and oxygen atoms in total. The predicted molar refractivity (Wildman–Crippen MR) is 49.8 cm³/mol. The molecule has 0 aromatic carbocycles. The number of allylic oxidation sites excluding steroid dienone is 1. The first-order chi connectivity index (χ1) is 5.29. The molecule has 11 heavy (non-hydrogen) atoms. The lowest BCUT2D eigenvalue weighted by Gasteiger charge is -2.17. The number of hydrogen-bond donors (Lipinski definition) is 1. The summed E-state index contributed by atoms with van der Waals surface area (Å²) < 4.78 is 0. The van der Waals surface area contributed by atoms with E-state index >= 15 is 0 Å². The van der Waals surface area contributed by atoms with Gasteiger partial charge in [-0.1, -0.05) is 30.3 Å². The molecule has 0 aromatic heterocycles. The Bertz CT molecular complexity index is 163. The molecule has 0 radical (unpaired) electrons. The fourth-order valence-electron chi connectivity index (χ4n) is 1.22. The van der Waals surface area contributed by atoms with Crippen molar-refractivity contribution in [2.45, 2.75) is 25.3 Å². The second-order valence-corrected chi connectivity index (χ2v) is 3.40. The summed E-state index contributed by atoms with van der Waals surface area (Å²) in [5.41, 5.74) is 0. The van der Waals surface area contributed by atoms with Gasteiger partial charge in [0.05, 0.1) is 0 Å². The summed E-state index contributed by atoms with van der Waals surface area (Å²) in [6, 6.07) is 0.513. The van der Waals surface area contributed by atoms with E-state index in [-0.39, 0.29) is 0 Å². The molecule has 1 unspecified atom stereocenters. The summed E-state index contributed by atoms with van der Waals surface area (Å²) in [6.07, 6.45) is 8.16. The first-order valence-corrected chi connectivity index (χ1v) is 4.40. The van der Waals surface area contributed by atoms with Crippen LogP contribution in [0.25, 0.3) is 0 Å². The Morgan fingerprint density at radius 1 is 1.73 bits per heavy atom. The molecule has 0 heterocycles. The van der Waals surface area contributed by atoms with Crippen molar-refractivity contribution in [3.63, 3.8) is 0 Å². The first-order valence-electron chi connectivity index (χ1n) is 4.02. The average Bonchev–Trinajstić information content (AvgIpc) is 2.03. The maximum atomic E-state index is 5.62. The van der Waals surface area contributed by atoms with Gasteiger partial charge < -0.3 is 5.32 Å². The van der Waals surface area contributed by atoms with Crippen LogP contribution in [0.15, 0.2) is 23.8 Å². The molecule has 1 rings (SSSR count). The van der Waals surface area contributed by atoms with E-state index in [1.165, 1.54) is 19.3 Å². The highest BCUT2D eigenvalue weighted by molar-refractivity contribution is 6.29. The molecule has 0 aromatic rings. The quantitative estimate of drug-likeness (QED) is 0.644. The third-order valence-electron chi connectivity index (χ3n) is 1.81. The zero-order chi connectivity index (χ0) is 8.10. The lowest BCUT2D eigenvalue weighted by atomic mass is 10.0. The van der Waals surface area contributed by atoms with Crippen molar-refractivity contribution >= 4 is 11.6 Å². The highest BCUT2D eigenvalue weighted by Gasteiger charge is 2.06. The van der Waals surface area contributed by atoms with Gasteiger partial charge in [-0.15, -0.1) is 0 Å². The summed E-state index contributed by atoms with van der Waals surface area (Å²) in [5.74, 6) is 0. The second kappa shape index (κ2) is 4.58. The van der Waals surface area contributed by atoms with E-state index in [2.05, 4.69) is 24.0 Å². The molecule has 1 N–H and O–H groups in total. The Balaban J connectivity index is 2.20. The summed E-state index contributed by atoms with van der Waals surface area (Å²) in [6.45, 7) is 4.34. The topological polar surface area (TPSA) is 12.0 Å². The maximum absolute atomic E-state index is 5.62. The minimum absolute atomic E-state index is 0.513. The van der Waals surface area contributed by atoms with Gasteiger partial charge in [0, 0.05) is 17.6 Å². The molecule has 1 atom stereocenters. The third kappa shape index (κ3) is 3.59. The molecule has 0 spiro atoms. The molecular formula is C9H14ClN. The van der Waals surface area contributed by atoms with E-state index in [0.29, 0.717) is 11.1 Å². The van der Waals surface area contributed by atoms with Crippen LogP contribution in [0.5, 0.6) is 0 Å². The highest BCUT2D eigenvalue weighted by atomic mass is 35.5. The van der Waals surface area contributed by atoms with Crippen molar-refractivity contribution in [2.75, 3.05) is 6.54 Å². The Hall–Kier alpha value is -0.270. The Morgan fingerprint density at radius 2 is 2.55 bits per heavy atom. The SMILES string of the molecule is C=C(Cl)CNC1C=CCCC1. The van der Waals surface area contributed by atoms with E-state index in [1.807, 2.05) is 0 Å². The van der Waals surface area contributed by atoms with E-state index in [4.69, 9.17) is 11.6 Å². The summed E-state index contributed by atoms with van der Waals surface area (Å²) in [7, 11) is 0. The number of rotatable bonds is 3. The molecule has 2 heteroatoms. The standard InChI is InChI=1S/C9H14ClN/c1-8(10)7-11-9-5-3-2-4-6-9/h3,5,9,11H,1-2,4,6-7H2. The van der Waals surface area contributed by atoms with Crippen LogP contribution in [0.2, 0.25) is 0 Å². The van der Waals surface area contributed by atoms with Crippen molar-refractivity contribution in [1.29, 1.82) is 0 Å². The Kier molecular flexibility index (Phi) is 3.67. The van der Waals surface area contributed by atoms with Crippen molar-refractivity contribution in [3.05, 3.63) is 23.8 Å². The van der Waals surface area contributed by atoms with Crippen LogP contribution in [0.3, 0.4) is 0 Å². The monoisotopic (exact) mass is 171 g/mol. The van der Waals surface area contributed by atoms with Crippen molar-refractivity contribution in [1.82, 2.24) is 5.32 Å². The maximum Gasteiger partial charge on any atom is 0.0313 e. The fourth-order valence-corrected chi connectivity index (χ4v) is 1.30. The molecule has 1 aliphatic rings. The molecule has 0 fully saturated rings. The zero-order valence-electron chi connectivity index (χ0n) is 6.65. The Labute approximate surface area is 73.1 Å². The minimum Gasteiger partial charge on any atom is -0.306 e. The van der Waals surface area contributed by atoms with Crippen LogP contribution in [-0.2, 0) is 0 Å². The predicted octanol–water partition coefficient (Wildman–Crippen LogP) is 2.44. The molecule has 0 saturated carbocycles. The third-order valence-corrected chi connectivity index (χ3v) is 1.94. The van der Waals surface area contributed by atoms with Crippen molar-refractivity contribution < 1.29 is 0 Å². The van der Waals surface area contributed by atoms with Gasteiger partial charge in [0.1, 0.15) is 0 Å². The lowest BCUT2D eigenvalue weighted by molar-refractivity contribution is 0.546. The van der Waals surface area contributed by atoms with Crippen LogP contribution in [0, 0.1) is 0 Å². The van der Waals surface area contributed by atoms with Crippen molar-refractivity contribution in [3.8, 4) is 0 Å². The molecule has 0 bridgehead atoms. The van der Waals surface area contributed by atoms with Crippen molar-refractivity contribution in [2.24, 2.45) is 0 Å². The molecule has 0 amide bonds. The van der Waals surface area contributed by atoms with Gasteiger partial charge in [0.15, 0.2) is 0 Å². The van der Waals surface area contributed by atoms with Crippen LogP contribution in [-0.4, -0.2) is 12.6 Å². The Morgan fingerprint density at radius 3 is 3.09 bits per heavy atom. The summed E-state index contributed by atoms with van der Waals surface area (Å²) in [5, 5.41) is 3.99. The normalized spacial score (nSPS) is 23.5. The molecule has 0 aliphatic heterocycles. The van der Waals surface area contributed by atoms with E-state index in [9.17, 15) is 0 Å². The van der Waals surface area contributed by atoms with Gasteiger partial charge in [-0.05, 0) is 19.3 Å². The van der Waals surface area contributed by atoms with Crippen LogP contribution in [0.4, 0.5) is 0 Å². The number of halogens is 1. The number of nitrogens with one attached hydrogen (secondary N) is 1. The minimum atomic E-state index is 0.513.